The van der Waals surface area contributed by atoms with E-state index in [9.17, 15) is 0 Å². The zero-order valence-corrected chi connectivity index (χ0v) is 14.4. The van der Waals surface area contributed by atoms with Gasteiger partial charge in [0.15, 0.2) is 5.82 Å². The fraction of sp³-hybridized carbons (Fsp3) is 0.350. The summed E-state index contributed by atoms with van der Waals surface area (Å²) in [4.78, 5) is 9.15. The van der Waals surface area contributed by atoms with Crippen molar-refractivity contribution in [3.05, 3.63) is 71.6 Å². The van der Waals surface area contributed by atoms with Crippen LogP contribution in [-0.4, -0.2) is 33.0 Å². The van der Waals surface area contributed by atoms with Crippen LogP contribution in [0.15, 0.2) is 48.7 Å². The Labute approximate surface area is 147 Å². The van der Waals surface area contributed by atoms with Crippen molar-refractivity contribution in [3.8, 4) is 5.69 Å². The van der Waals surface area contributed by atoms with Gasteiger partial charge in [-0.1, -0.05) is 30.3 Å². The lowest BCUT2D eigenvalue weighted by molar-refractivity contribution is 0.193. The molecular weight excluding hydrogens is 312 g/mol. The number of benzene rings is 1. The van der Waals surface area contributed by atoms with Gasteiger partial charge in [0, 0.05) is 30.8 Å². The molecule has 5 nitrogen and oxygen atoms in total. The number of hydrogen-bond acceptors (Lipinski definition) is 4. The molecule has 0 aliphatic carbocycles. The lowest BCUT2D eigenvalue weighted by Crippen LogP contribution is -2.09. The van der Waals surface area contributed by atoms with E-state index in [2.05, 4.69) is 35.3 Å². The minimum atomic E-state index is 0.312. The van der Waals surface area contributed by atoms with E-state index in [1.165, 1.54) is 5.56 Å². The molecule has 128 valence electrons. The maximum atomic E-state index is 5.57. The molecule has 3 aromatic rings. The number of aromatic nitrogens is 4. The van der Waals surface area contributed by atoms with E-state index in [1.807, 2.05) is 29.9 Å². The van der Waals surface area contributed by atoms with Gasteiger partial charge in [0.25, 0.3) is 0 Å². The van der Waals surface area contributed by atoms with Gasteiger partial charge in [0.1, 0.15) is 5.82 Å². The largest absolute Gasteiger partial charge is 0.381 e. The molecule has 4 rings (SSSR count). The van der Waals surface area contributed by atoms with Crippen molar-refractivity contribution in [2.24, 2.45) is 0 Å². The third-order valence-electron chi connectivity index (χ3n) is 4.58. The molecule has 5 heteroatoms. The third kappa shape index (κ3) is 3.61. The molecule has 1 aliphatic heterocycles. The SMILES string of the molecule is Cc1cc(-n2nc(CCc3ccccc3)nc2C2CCOC2)ccn1. The van der Waals surface area contributed by atoms with Gasteiger partial charge in [-0.2, -0.15) is 5.10 Å². The molecule has 0 spiro atoms. The summed E-state index contributed by atoms with van der Waals surface area (Å²) < 4.78 is 7.55. The molecular formula is C20H22N4O. The number of ether oxygens (including phenoxy) is 1. The van der Waals surface area contributed by atoms with Crippen molar-refractivity contribution in [2.75, 3.05) is 13.2 Å². The molecule has 1 aromatic carbocycles. The number of aryl methyl sites for hydroxylation is 3. The lowest BCUT2D eigenvalue weighted by atomic mass is 10.1. The highest BCUT2D eigenvalue weighted by Gasteiger charge is 2.25. The van der Waals surface area contributed by atoms with Gasteiger partial charge in [-0.15, -0.1) is 0 Å². The summed E-state index contributed by atoms with van der Waals surface area (Å²) in [5, 5.41) is 4.80. The first-order chi connectivity index (χ1) is 12.3. The van der Waals surface area contributed by atoms with Crippen LogP contribution in [-0.2, 0) is 17.6 Å². The molecule has 0 N–H and O–H groups in total. The van der Waals surface area contributed by atoms with Crippen LogP contribution in [0.25, 0.3) is 5.69 Å². The number of rotatable bonds is 5. The average Bonchev–Trinajstić information content (AvgIpc) is 3.30. The Morgan fingerprint density at radius 1 is 1.16 bits per heavy atom. The smallest absolute Gasteiger partial charge is 0.151 e. The Kier molecular flexibility index (Phi) is 4.57. The summed E-state index contributed by atoms with van der Waals surface area (Å²) in [6.07, 6.45) is 4.61. The van der Waals surface area contributed by atoms with Crippen LogP contribution < -0.4 is 0 Å². The third-order valence-corrected chi connectivity index (χ3v) is 4.58. The normalized spacial score (nSPS) is 17.1. The van der Waals surface area contributed by atoms with Gasteiger partial charge in [0.2, 0.25) is 0 Å². The highest BCUT2D eigenvalue weighted by Crippen LogP contribution is 2.26. The fourth-order valence-corrected chi connectivity index (χ4v) is 3.23. The van der Waals surface area contributed by atoms with Crippen molar-refractivity contribution < 1.29 is 4.74 Å². The minimum absolute atomic E-state index is 0.312. The molecule has 2 aromatic heterocycles. The first-order valence-corrected chi connectivity index (χ1v) is 8.80. The van der Waals surface area contributed by atoms with E-state index >= 15 is 0 Å². The summed E-state index contributed by atoms with van der Waals surface area (Å²) in [7, 11) is 0. The van der Waals surface area contributed by atoms with E-state index in [0.29, 0.717) is 5.92 Å². The van der Waals surface area contributed by atoms with Gasteiger partial charge in [0.05, 0.1) is 12.3 Å². The van der Waals surface area contributed by atoms with Crippen molar-refractivity contribution >= 4 is 0 Å². The lowest BCUT2D eigenvalue weighted by Gasteiger charge is -2.10. The van der Waals surface area contributed by atoms with E-state index in [-0.39, 0.29) is 0 Å². The topological polar surface area (TPSA) is 52.8 Å². The molecule has 1 atom stereocenters. The standard InChI is InChI=1S/C20H22N4O/c1-15-13-18(9-11-21-15)24-20(17-10-12-25-14-17)22-19(23-24)8-7-16-5-3-2-4-6-16/h2-6,9,11,13,17H,7-8,10,12,14H2,1H3. The average molecular weight is 334 g/mol. The first-order valence-electron chi connectivity index (χ1n) is 8.80. The minimum Gasteiger partial charge on any atom is -0.381 e. The van der Waals surface area contributed by atoms with Gasteiger partial charge >= 0.3 is 0 Å². The van der Waals surface area contributed by atoms with Crippen LogP contribution in [0.3, 0.4) is 0 Å². The second-order valence-corrected chi connectivity index (χ2v) is 6.50. The highest BCUT2D eigenvalue weighted by atomic mass is 16.5. The van der Waals surface area contributed by atoms with E-state index < -0.39 is 0 Å². The predicted molar refractivity (Wildman–Crippen MR) is 95.9 cm³/mol. The van der Waals surface area contributed by atoms with Gasteiger partial charge in [-0.25, -0.2) is 9.67 Å². The molecule has 0 bridgehead atoms. The maximum Gasteiger partial charge on any atom is 0.151 e. The molecule has 1 saturated heterocycles. The maximum absolute atomic E-state index is 5.57. The second kappa shape index (κ2) is 7.15. The summed E-state index contributed by atoms with van der Waals surface area (Å²) in [6, 6.07) is 14.5. The monoisotopic (exact) mass is 334 g/mol. The second-order valence-electron chi connectivity index (χ2n) is 6.50. The van der Waals surface area contributed by atoms with Crippen LogP contribution in [0, 0.1) is 6.92 Å². The van der Waals surface area contributed by atoms with E-state index in [1.54, 1.807) is 0 Å². The molecule has 1 aliphatic rings. The Morgan fingerprint density at radius 3 is 2.80 bits per heavy atom. The fourth-order valence-electron chi connectivity index (χ4n) is 3.23. The van der Waals surface area contributed by atoms with Crippen LogP contribution in [0.1, 0.15) is 35.2 Å². The Balaban J connectivity index is 1.63. The van der Waals surface area contributed by atoms with Gasteiger partial charge < -0.3 is 4.74 Å². The van der Waals surface area contributed by atoms with Crippen LogP contribution >= 0.6 is 0 Å². The Hall–Kier alpha value is -2.53. The van der Waals surface area contributed by atoms with Gasteiger partial charge in [-0.3, -0.25) is 4.98 Å². The Bertz CT molecular complexity index is 838. The zero-order chi connectivity index (χ0) is 17.1. The van der Waals surface area contributed by atoms with E-state index in [4.69, 9.17) is 14.8 Å². The summed E-state index contributed by atoms with van der Waals surface area (Å²) in [5.74, 6) is 2.21. The number of nitrogens with zero attached hydrogens (tertiary/aromatic N) is 4. The first kappa shape index (κ1) is 16.0. The Morgan fingerprint density at radius 2 is 2.04 bits per heavy atom. The quantitative estimate of drug-likeness (QED) is 0.719. The highest BCUT2D eigenvalue weighted by molar-refractivity contribution is 5.32. The summed E-state index contributed by atoms with van der Waals surface area (Å²) in [6.45, 7) is 3.52. The molecule has 3 heterocycles. The number of hydrogen-bond donors (Lipinski definition) is 0. The summed E-state index contributed by atoms with van der Waals surface area (Å²) in [5.41, 5.74) is 3.31. The predicted octanol–water partition coefficient (Wildman–Crippen LogP) is 3.26. The molecule has 0 saturated carbocycles. The molecule has 1 fully saturated rings. The van der Waals surface area contributed by atoms with Crippen LogP contribution in [0.5, 0.6) is 0 Å². The van der Waals surface area contributed by atoms with Crippen molar-refractivity contribution in [3.63, 3.8) is 0 Å². The van der Waals surface area contributed by atoms with Crippen molar-refractivity contribution in [2.45, 2.75) is 32.1 Å². The van der Waals surface area contributed by atoms with E-state index in [0.717, 1.165) is 55.5 Å². The van der Waals surface area contributed by atoms with Crippen molar-refractivity contribution in [1.29, 1.82) is 0 Å². The van der Waals surface area contributed by atoms with Gasteiger partial charge in [-0.05, 0) is 37.5 Å². The molecule has 1 unspecified atom stereocenters. The van der Waals surface area contributed by atoms with Crippen molar-refractivity contribution in [1.82, 2.24) is 19.7 Å². The van der Waals surface area contributed by atoms with Crippen LogP contribution in [0.4, 0.5) is 0 Å². The molecule has 25 heavy (non-hydrogen) atoms. The zero-order valence-electron chi connectivity index (χ0n) is 14.4. The van der Waals surface area contributed by atoms with Crippen LogP contribution in [0.2, 0.25) is 0 Å². The summed E-state index contributed by atoms with van der Waals surface area (Å²) >= 11 is 0. The molecule has 0 amide bonds. The number of pyridine rings is 1. The molecule has 0 radical (unpaired) electrons.